The number of amides is 1. The topological polar surface area (TPSA) is 54.9 Å². The molecule has 2 aliphatic rings. The predicted molar refractivity (Wildman–Crippen MR) is 99.5 cm³/mol. The molecule has 0 radical (unpaired) electrons. The summed E-state index contributed by atoms with van der Waals surface area (Å²) in [7, 11) is 0. The standard InChI is InChI=1S/C21H27N3O/c1-18(2,3)24-17(25)21-12-11-20(6,19(21,4)5)15-16(21)23-14-10-8-7-9-13(14)22-15/h7-10H,11-12H2,1-6H3,(H,24,25)/t20-,21-/m0/s1. The molecule has 0 unspecified atom stereocenters. The number of carbonyl (C=O) groups is 1. The first kappa shape index (κ1) is 16.5. The van der Waals surface area contributed by atoms with E-state index < -0.39 is 5.41 Å². The molecule has 132 valence electrons. The lowest BCUT2D eigenvalue weighted by Gasteiger charge is -2.40. The molecule has 1 fully saturated rings. The molecule has 2 aliphatic carbocycles. The molecule has 4 rings (SSSR count). The Morgan fingerprint density at radius 2 is 1.56 bits per heavy atom. The minimum absolute atomic E-state index is 0.0945. The van der Waals surface area contributed by atoms with Crippen molar-refractivity contribution in [3.8, 4) is 0 Å². The van der Waals surface area contributed by atoms with Crippen LogP contribution in [0, 0.1) is 5.41 Å². The lowest BCUT2D eigenvalue weighted by atomic mass is 9.63. The maximum Gasteiger partial charge on any atom is 0.233 e. The van der Waals surface area contributed by atoms with Crippen molar-refractivity contribution >= 4 is 16.9 Å². The van der Waals surface area contributed by atoms with Crippen LogP contribution < -0.4 is 5.32 Å². The number of nitrogens with zero attached hydrogens (tertiary/aromatic N) is 2. The zero-order chi connectivity index (χ0) is 18.3. The van der Waals surface area contributed by atoms with Crippen LogP contribution in [-0.2, 0) is 15.6 Å². The van der Waals surface area contributed by atoms with Gasteiger partial charge in [0.25, 0.3) is 0 Å². The van der Waals surface area contributed by atoms with Gasteiger partial charge in [-0.15, -0.1) is 0 Å². The second-order valence-corrected chi connectivity index (χ2v) is 9.48. The molecular weight excluding hydrogens is 310 g/mol. The Balaban J connectivity index is 2.00. The number of fused-ring (bicyclic) bond motifs is 6. The van der Waals surface area contributed by atoms with E-state index in [1.807, 2.05) is 45.0 Å². The van der Waals surface area contributed by atoms with Crippen LogP contribution >= 0.6 is 0 Å². The van der Waals surface area contributed by atoms with Gasteiger partial charge in [-0.3, -0.25) is 4.79 Å². The summed E-state index contributed by atoms with van der Waals surface area (Å²) in [5, 5.41) is 3.23. The van der Waals surface area contributed by atoms with E-state index in [0.717, 1.165) is 35.3 Å². The largest absolute Gasteiger partial charge is 0.351 e. The average Bonchev–Trinajstić information content (AvgIpc) is 2.80. The molecule has 2 atom stereocenters. The molecule has 4 nitrogen and oxygen atoms in total. The Morgan fingerprint density at radius 1 is 1.00 bits per heavy atom. The van der Waals surface area contributed by atoms with E-state index in [9.17, 15) is 4.79 Å². The first-order chi connectivity index (χ1) is 11.5. The van der Waals surface area contributed by atoms with Gasteiger partial charge in [-0.25, -0.2) is 9.97 Å². The van der Waals surface area contributed by atoms with Gasteiger partial charge in [-0.1, -0.05) is 32.9 Å². The number of carbonyl (C=O) groups excluding carboxylic acids is 1. The third-order valence-corrected chi connectivity index (χ3v) is 6.82. The zero-order valence-electron chi connectivity index (χ0n) is 16.0. The number of rotatable bonds is 1. The van der Waals surface area contributed by atoms with E-state index in [2.05, 4.69) is 26.1 Å². The van der Waals surface area contributed by atoms with E-state index in [1.165, 1.54) is 0 Å². The summed E-state index contributed by atoms with van der Waals surface area (Å²) in [4.78, 5) is 23.5. The van der Waals surface area contributed by atoms with Crippen LogP contribution in [0.5, 0.6) is 0 Å². The van der Waals surface area contributed by atoms with Crippen molar-refractivity contribution in [1.29, 1.82) is 0 Å². The third-order valence-electron chi connectivity index (χ3n) is 6.82. The lowest BCUT2D eigenvalue weighted by molar-refractivity contribution is -0.132. The number of hydrogen-bond donors (Lipinski definition) is 1. The van der Waals surface area contributed by atoms with Crippen LogP contribution in [0.1, 0.15) is 65.8 Å². The summed E-state index contributed by atoms with van der Waals surface area (Å²) in [6.45, 7) is 12.8. The summed E-state index contributed by atoms with van der Waals surface area (Å²) in [6, 6.07) is 7.96. The van der Waals surface area contributed by atoms with Gasteiger partial charge in [-0.2, -0.15) is 0 Å². The smallest absolute Gasteiger partial charge is 0.233 e. The fourth-order valence-corrected chi connectivity index (χ4v) is 5.00. The lowest BCUT2D eigenvalue weighted by Crippen LogP contribution is -2.55. The van der Waals surface area contributed by atoms with Crippen molar-refractivity contribution < 1.29 is 4.79 Å². The molecule has 0 saturated heterocycles. The van der Waals surface area contributed by atoms with Gasteiger partial charge < -0.3 is 5.32 Å². The molecule has 2 bridgehead atoms. The highest BCUT2D eigenvalue weighted by Crippen LogP contribution is 2.70. The van der Waals surface area contributed by atoms with Crippen molar-refractivity contribution in [3.05, 3.63) is 35.7 Å². The normalized spacial score (nSPS) is 29.7. The van der Waals surface area contributed by atoms with Gasteiger partial charge in [-0.05, 0) is 51.2 Å². The highest BCUT2D eigenvalue weighted by atomic mass is 16.2. The number of aromatic nitrogens is 2. The summed E-state index contributed by atoms with van der Waals surface area (Å²) in [5.74, 6) is 0.0945. The molecule has 25 heavy (non-hydrogen) atoms. The Hall–Kier alpha value is -1.97. The van der Waals surface area contributed by atoms with Crippen molar-refractivity contribution in [3.63, 3.8) is 0 Å². The van der Waals surface area contributed by atoms with E-state index in [-0.39, 0.29) is 22.3 Å². The number of nitrogens with one attached hydrogen (secondary N) is 1. The van der Waals surface area contributed by atoms with Crippen molar-refractivity contribution in [1.82, 2.24) is 15.3 Å². The van der Waals surface area contributed by atoms with Gasteiger partial charge in [0.2, 0.25) is 5.91 Å². The second kappa shape index (κ2) is 4.60. The average molecular weight is 337 g/mol. The molecule has 1 saturated carbocycles. The maximum atomic E-state index is 13.5. The van der Waals surface area contributed by atoms with E-state index in [4.69, 9.17) is 9.97 Å². The minimum atomic E-state index is -0.610. The summed E-state index contributed by atoms with van der Waals surface area (Å²) < 4.78 is 0. The van der Waals surface area contributed by atoms with Crippen molar-refractivity contribution in [2.75, 3.05) is 0 Å². The molecule has 1 aromatic heterocycles. The Labute approximate surface area is 149 Å². The highest BCUT2D eigenvalue weighted by Gasteiger charge is 2.73. The van der Waals surface area contributed by atoms with Crippen molar-refractivity contribution in [2.45, 2.75) is 70.8 Å². The Bertz CT molecular complexity index is 896. The van der Waals surface area contributed by atoms with Gasteiger partial charge in [0.05, 0.1) is 27.8 Å². The quantitative estimate of drug-likeness (QED) is 0.859. The Morgan fingerprint density at radius 3 is 2.12 bits per heavy atom. The van der Waals surface area contributed by atoms with E-state index in [1.54, 1.807) is 0 Å². The van der Waals surface area contributed by atoms with Gasteiger partial charge >= 0.3 is 0 Å². The van der Waals surface area contributed by atoms with Gasteiger partial charge in [0.1, 0.15) is 0 Å². The summed E-state index contributed by atoms with van der Waals surface area (Å²) >= 11 is 0. The molecule has 1 amide bonds. The first-order valence-electron chi connectivity index (χ1n) is 9.13. The molecule has 1 aromatic carbocycles. The third kappa shape index (κ3) is 1.85. The zero-order valence-corrected chi connectivity index (χ0v) is 16.0. The molecule has 1 N–H and O–H groups in total. The van der Waals surface area contributed by atoms with Crippen LogP contribution in [0.15, 0.2) is 24.3 Å². The number of benzene rings is 1. The van der Waals surface area contributed by atoms with Crippen LogP contribution in [0.25, 0.3) is 11.0 Å². The van der Waals surface area contributed by atoms with E-state index >= 15 is 0 Å². The van der Waals surface area contributed by atoms with Gasteiger partial charge in [0.15, 0.2) is 0 Å². The summed E-state index contributed by atoms with van der Waals surface area (Å²) in [5.41, 5.74) is 2.46. The maximum absolute atomic E-state index is 13.5. The predicted octanol–water partition coefficient (Wildman–Crippen LogP) is 3.87. The number of hydrogen-bond acceptors (Lipinski definition) is 3. The molecular formula is C21H27N3O. The van der Waals surface area contributed by atoms with Crippen molar-refractivity contribution in [2.24, 2.45) is 5.41 Å². The molecule has 0 aliphatic heterocycles. The monoisotopic (exact) mass is 337 g/mol. The van der Waals surface area contributed by atoms with Crippen LogP contribution in [0.3, 0.4) is 0 Å². The highest BCUT2D eigenvalue weighted by molar-refractivity contribution is 5.93. The second-order valence-electron chi connectivity index (χ2n) is 9.48. The van der Waals surface area contributed by atoms with E-state index in [0.29, 0.717) is 0 Å². The molecule has 1 heterocycles. The van der Waals surface area contributed by atoms with Crippen LogP contribution in [0.2, 0.25) is 0 Å². The van der Waals surface area contributed by atoms with Crippen LogP contribution in [-0.4, -0.2) is 21.4 Å². The Kier molecular flexibility index (Phi) is 3.03. The molecule has 0 spiro atoms. The summed E-state index contributed by atoms with van der Waals surface area (Å²) in [6.07, 6.45) is 1.80. The SMILES string of the molecule is CC(C)(C)NC(=O)[C@]12CC[C@@](C)(c3nc4ccccc4nc31)C2(C)C. The number of para-hydroxylation sites is 2. The first-order valence-corrected chi connectivity index (χ1v) is 9.13. The minimum Gasteiger partial charge on any atom is -0.351 e. The van der Waals surface area contributed by atoms with Gasteiger partial charge in [0, 0.05) is 11.0 Å². The van der Waals surface area contributed by atoms with Crippen LogP contribution in [0.4, 0.5) is 0 Å². The fourth-order valence-electron chi connectivity index (χ4n) is 5.00. The molecule has 4 heteroatoms. The fraction of sp³-hybridized carbons (Fsp3) is 0.571. The molecule has 2 aromatic rings.